The molecule has 1 saturated carbocycles. The highest BCUT2D eigenvalue weighted by Gasteiger charge is 2.71. The highest BCUT2D eigenvalue weighted by Crippen LogP contribution is 2.55. The molecule has 0 heterocycles. The van der Waals surface area contributed by atoms with Crippen molar-refractivity contribution in [3.63, 3.8) is 0 Å². The number of halogens is 4. The van der Waals surface area contributed by atoms with E-state index in [9.17, 15) is 31.9 Å². The number of nitrogens with one attached hydrogen (secondary N) is 2. The summed E-state index contributed by atoms with van der Waals surface area (Å²) in [4.78, 5) is 34.9. The first kappa shape index (κ1) is 24.5. The second-order valence-corrected chi connectivity index (χ2v) is 8.51. The minimum absolute atomic E-state index is 0.0317. The first-order chi connectivity index (χ1) is 16.6. The number of aliphatic carboxylic acids is 1. The third kappa shape index (κ3) is 4.94. The number of rotatable bonds is 9. The van der Waals surface area contributed by atoms with Gasteiger partial charge in [0.15, 0.2) is 0 Å². The van der Waals surface area contributed by atoms with Crippen molar-refractivity contribution in [2.45, 2.75) is 30.7 Å². The van der Waals surface area contributed by atoms with Crippen molar-refractivity contribution in [3.8, 4) is 11.1 Å². The number of ether oxygens (including phenoxy) is 1. The lowest BCUT2D eigenvalue weighted by Gasteiger charge is -2.15. The minimum atomic E-state index is -3.53. The lowest BCUT2D eigenvalue weighted by molar-refractivity contribution is -0.139. The van der Waals surface area contributed by atoms with Crippen LogP contribution in [-0.2, 0) is 14.3 Å². The Morgan fingerprint density at radius 2 is 1.57 bits per heavy atom. The Kier molecular flexibility index (Phi) is 6.68. The van der Waals surface area contributed by atoms with Crippen LogP contribution in [0, 0.1) is 11.8 Å². The summed E-state index contributed by atoms with van der Waals surface area (Å²) >= 11 is 0. The number of carbonyl (C=O) groups is 3. The molecule has 2 aromatic rings. The minimum Gasteiger partial charge on any atom is -0.481 e. The molecule has 186 valence electrons. The maximum Gasteiger partial charge on any atom is 0.407 e. The summed E-state index contributed by atoms with van der Waals surface area (Å²) in [5, 5.41) is 12.5. The number of alkyl carbamates (subject to hydrolysis) is 1. The maximum absolute atomic E-state index is 14.1. The SMILES string of the molecule is O=C(O)CC(NC(=O)C1C(CNC(=O)OCC2c3ccccc3-c3ccccc32)C1(F)F)C(F)F. The van der Waals surface area contributed by atoms with E-state index >= 15 is 0 Å². The molecule has 4 rings (SSSR count). The first-order valence-electron chi connectivity index (χ1n) is 10.9. The van der Waals surface area contributed by atoms with Gasteiger partial charge in [0.1, 0.15) is 18.6 Å². The van der Waals surface area contributed by atoms with Crippen LogP contribution in [0.25, 0.3) is 11.1 Å². The number of carboxylic acid groups (broad SMARTS) is 1. The molecule has 1 fully saturated rings. The number of fused-ring (bicyclic) bond motifs is 3. The van der Waals surface area contributed by atoms with E-state index in [1.54, 1.807) is 5.32 Å². The molecule has 3 atom stereocenters. The molecule has 0 aliphatic heterocycles. The van der Waals surface area contributed by atoms with Crippen LogP contribution in [0.2, 0.25) is 0 Å². The van der Waals surface area contributed by atoms with Gasteiger partial charge >= 0.3 is 12.1 Å². The highest BCUT2D eigenvalue weighted by molar-refractivity contribution is 5.84. The third-order valence-corrected chi connectivity index (χ3v) is 6.32. The normalized spacial score (nSPS) is 20.5. The van der Waals surface area contributed by atoms with Crippen molar-refractivity contribution in [2.24, 2.45) is 11.8 Å². The van der Waals surface area contributed by atoms with Gasteiger partial charge in [0.25, 0.3) is 12.3 Å². The summed E-state index contributed by atoms with van der Waals surface area (Å²) in [5.74, 6) is -10.3. The van der Waals surface area contributed by atoms with Crippen molar-refractivity contribution in [1.82, 2.24) is 10.6 Å². The van der Waals surface area contributed by atoms with Crippen molar-refractivity contribution in [3.05, 3.63) is 59.7 Å². The number of carboxylic acids is 1. The van der Waals surface area contributed by atoms with Gasteiger partial charge in [-0.3, -0.25) is 9.59 Å². The van der Waals surface area contributed by atoms with Crippen LogP contribution in [0.5, 0.6) is 0 Å². The monoisotopic (exact) mass is 494 g/mol. The van der Waals surface area contributed by atoms with E-state index in [0.717, 1.165) is 22.3 Å². The number of amides is 2. The molecule has 0 aromatic heterocycles. The number of benzene rings is 2. The third-order valence-electron chi connectivity index (χ3n) is 6.32. The summed E-state index contributed by atoms with van der Waals surface area (Å²) in [6.45, 7) is -0.643. The second-order valence-electron chi connectivity index (χ2n) is 8.51. The Morgan fingerprint density at radius 1 is 1.00 bits per heavy atom. The fourth-order valence-corrected chi connectivity index (χ4v) is 4.51. The molecule has 11 heteroatoms. The van der Waals surface area contributed by atoms with Gasteiger partial charge in [-0.2, -0.15) is 0 Å². The lowest BCUT2D eigenvalue weighted by atomic mass is 9.98. The summed E-state index contributed by atoms with van der Waals surface area (Å²) in [7, 11) is 0. The number of alkyl halides is 4. The van der Waals surface area contributed by atoms with Gasteiger partial charge in [0.05, 0.1) is 12.3 Å². The fourth-order valence-electron chi connectivity index (χ4n) is 4.51. The van der Waals surface area contributed by atoms with E-state index in [4.69, 9.17) is 9.84 Å². The van der Waals surface area contributed by atoms with E-state index in [1.807, 2.05) is 48.5 Å². The topological polar surface area (TPSA) is 105 Å². The zero-order valence-corrected chi connectivity index (χ0v) is 18.2. The number of hydrogen-bond donors (Lipinski definition) is 3. The Bertz CT molecular complexity index is 1100. The van der Waals surface area contributed by atoms with Crippen molar-refractivity contribution < 1.29 is 41.8 Å². The van der Waals surface area contributed by atoms with Crippen LogP contribution in [0.15, 0.2) is 48.5 Å². The fraction of sp³-hybridized carbons (Fsp3) is 0.375. The lowest BCUT2D eigenvalue weighted by Crippen LogP contribution is -2.43. The molecule has 7 nitrogen and oxygen atoms in total. The molecule has 3 unspecified atom stereocenters. The van der Waals surface area contributed by atoms with E-state index in [-0.39, 0.29) is 12.5 Å². The van der Waals surface area contributed by atoms with Crippen molar-refractivity contribution >= 4 is 18.0 Å². The average Bonchev–Trinajstić information content (AvgIpc) is 3.22. The van der Waals surface area contributed by atoms with Crippen LogP contribution in [0.4, 0.5) is 22.4 Å². The second kappa shape index (κ2) is 9.55. The molecule has 0 radical (unpaired) electrons. The van der Waals surface area contributed by atoms with Crippen LogP contribution < -0.4 is 10.6 Å². The Morgan fingerprint density at radius 3 is 2.11 bits per heavy atom. The predicted molar refractivity (Wildman–Crippen MR) is 115 cm³/mol. The zero-order valence-electron chi connectivity index (χ0n) is 18.2. The molecule has 2 aliphatic carbocycles. The maximum atomic E-state index is 14.1. The molecule has 2 aliphatic rings. The first-order valence-corrected chi connectivity index (χ1v) is 10.9. The van der Waals surface area contributed by atoms with Gasteiger partial charge < -0.3 is 20.5 Å². The van der Waals surface area contributed by atoms with Crippen molar-refractivity contribution in [2.75, 3.05) is 13.2 Å². The molecule has 35 heavy (non-hydrogen) atoms. The summed E-state index contributed by atoms with van der Waals surface area (Å²) in [6, 6.07) is 13.2. The van der Waals surface area contributed by atoms with Gasteiger partial charge in [0, 0.05) is 12.5 Å². The van der Waals surface area contributed by atoms with Crippen LogP contribution >= 0.6 is 0 Å². The predicted octanol–water partition coefficient (Wildman–Crippen LogP) is 3.63. The summed E-state index contributed by atoms with van der Waals surface area (Å²) in [6.07, 6.45) is -5.30. The molecular weight excluding hydrogens is 472 g/mol. The Balaban J connectivity index is 1.31. The molecule has 0 saturated heterocycles. The highest BCUT2D eigenvalue weighted by atomic mass is 19.3. The largest absolute Gasteiger partial charge is 0.481 e. The van der Waals surface area contributed by atoms with Gasteiger partial charge in [-0.25, -0.2) is 22.4 Å². The number of carbonyl (C=O) groups excluding carboxylic acids is 2. The smallest absolute Gasteiger partial charge is 0.407 e. The van der Waals surface area contributed by atoms with E-state index < -0.39 is 61.2 Å². The molecule has 2 amide bonds. The van der Waals surface area contributed by atoms with Crippen LogP contribution in [0.3, 0.4) is 0 Å². The molecule has 0 spiro atoms. The van der Waals surface area contributed by atoms with E-state index in [0.29, 0.717) is 0 Å². The quantitative estimate of drug-likeness (QED) is 0.462. The molecule has 0 bridgehead atoms. The van der Waals surface area contributed by atoms with E-state index in [2.05, 4.69) is 5.32 Å². The standard InChI is InChI=1S/C24H22F4N2O5/c25-21(26)18(9-19(31)32)30-22(33)20-17(24(20,27)28)10-29-23(34)35-11-16-14-7-3-1-5-12(14)13-6-2-4-8-15(13)16/h1-8,16-18,20-21H,9-11H2,(H,29,34)(H,30,33)(H,31,32). The number of hydrogen-bond acceptors (Lipinski definition) is 4. The summed E-state index contributed by atoms with van der Waals surface area (Å²) in [5.41, 5.74) is 3.99. The average molecular weight is 494 g/mol. The van der Waals surface area contributed by atoms with Crippen LogP contribution in [-0.4, -0.2) is 54.6 Å². The molecule has 2 aromatic carbocycles. The molecule has 3 N–H and O–H groups in total. The summed E-state index contributed by atoms with van der Waals surface area (Å²) < 4.78 is 59.2. The van der Waals surface area contributed by atoms with Gasteiger partial charge in [0.2, 0.25) is 5.91 Å². The Hall–Kier alpha value is -3.63. The van der Waals surface area contributed by atoms with Gasteiger partial charge in [-0.15, -0.1) is 0 Å². The van der Waals surface area contributed by atoms with E-state index in [1.165, 1.54) is 0 Å². The van der Waals surface area contributed by atoms with Gasteiger partial charge in [-0.1, -0.05) is 48.5 Å². The van der Waals surface area contributed by atoms with Gasteiger partial charge in [-0.05, 0) is 22.3 Å². The molecular formula is C24H22F4N2O5. The zero-order chi connectivity index (χ0) is 25.3. The van der Waals surface area contributed by atoms with Crippen LogP contribution in [0.1, 0.15) is 23.5 Å². The van der Waals surface area contributed by atoms with Crippen molar-refractivity contribution in [1.29, 1.82) is 0 Å². The Labute approximate surface area is 197 Å².